The molecule has 1 aliphatic rings. The Morgan fingerprint density at radius 3 is 2.62 bits per heavy atom. The Morgan fingerprint density at radius 2 is 1.93 bits per heavy atom. The first-order valence-corrected chi connectivity index (χ1v) is 13.1. The van der Waals surface area contributed by atoms with Gasteiger partial charge in [0.05, 0.1) is 29.4 Å². The van der Waals surface area contributed by atoms with Crippen LogP contribution in [-0.2, 0) is 9.59 Å². The van der Waals surface area contributed by atoms with Crippen molar-refractivity contribution < 1.29 is 35.1 Å². The van der Waals surface area contributed by atoms with Gasteiger partial charge >= 0.3 is 5.97 Å². The topological polar surface area (TPSA) is 224 Å². The van der Waals surface area contributed by atoms with Crippen LogP contribution in [0, 0.1) is 0 Å². The first-order chi connectivity index (χ1) is 19.1. The number of carbonyl (C=O) groups excluding carboxylic acids is 1. The van der Waals surface area contributed by atoms with E-state index >= 15 is 0 Å². The summed E-state index contributed by atoms with van der Waals surface area (Å²) < 4.78 is 0.585. The van der Waals surface area contributed by atoms with Gasteiger partial charge in [0, 0.05) is 41.3 Å². The lowest BCUT2D eigenvalue weighted by molar-refractivity contribution is -0.140. The number of anilines is 1. The number of aromatic hydroxyl groups is 1. The van der Waals surface area contributed by atoms with Crippen LogP contribution in [0.15, 0.2) is 51.9 Å². The number of aromatic amines is 1. The second kappa shape index (κ2) is 13.1. The second-order valence-corrected chi connectivity index (χ2v) is 9.90. The molecule has 4 rings (SSSR count). The van der Waals surface area contributed by atoms with E-state index in [1.807, 2.05) is 24.3 Å². The highest BCUT2D eigenvalue weighted by Gasteiger charge is 2.25. The number of rotatable bonds is 11. The summed E-state index contributed by atoms with van der Waals surface area (Å²) in [6, 6.07) is 10.3. The number of aliphatic imine (C=N–C) groups is 1. The van der Waals surface area contributed by atoms with Crippen molar-refractivity contribution in [2.24, 2.45) is 4.99 Å². The summed E-state index contributed by atoms with van der Waals surface area (Å²) in [5.74, 6) is -1.64. The molecule has 0 saturated carbocycles. The molecule has 0 radical (unpaired) electrons. The number of fused-ring (bicyclic) bond motifs is 1. The van der Waals surface area contributed by atoms with Gasteiger partial charge in [-0.05, 0) is 34.1 Å². The summed E-state index contributed by atoms with van der Waals surface area (Å²) in [6.45, 7) is -0.175. The molecular weight excluding hydrogens is 590 g/mol. The number of hydrogen-bond donors (Lipinski definition) is 11. The van der Waals surface area contributed by atoms with Gasteiger partial charge in [-0.3, -0.25) is 25.2 Å². The molecule has 0 saturated heterocycles. The highest BCUT2D eigenvalue weighted by Crippen LogP contribution is 2.30. The maximum Gasteiger partial charge on any atom is 0.322 e. The number of benzene rings is 2. The van der Waals surface area contributed by atoms with Crippen LogP contribution in [-0.4, -0.2) is 86.7 Å². The molecule has 11 N–H and O–H groups in total. The fourth-order valence-electron chi connectivity index (χ4n) is 4.01. The first kappa shape index (κ1) is 29.3. The van der Waals surface area contributed by atoms with Crippen LogP contribution in [0.5, 0.6) is 5.75 Å². The monoisotopic (exact) mass is 619 g/mol. The van der Waals surface area contributed by atoms with Gasteiger partial charge < -0.3 is 46.5 Å². The summed E-state index contributed by atoms with van der Waals surface area (Å²) in [5, 5.41) is 64.6. The van der Waals surface area contributed by atoms with Gasteiger partial charge in [-0.1, -0.05) is 18.2 Å². The molecule has 2 aromatic carbocycles. The highest BCUT2D eigenvalue weighted by atomic mass is 79.9. The molecule has 14 nitrogen and oxygen atoms in total. The van der Waals surface area contributed by atoms with Crippen LogP contribution in [0.1, 0.15) is 23.7 Å². The lowest BCUT2D eigenvalue weighted by atomic mass is 10.1. The molecule has 0 fully saturated rings. The van der Waals surface area contributed by atoms with Gasteiger partial charge in [0.25, 0.3) is 0 Å². The van der Waals surface area contributed by atoms with E-state index in [1.54, 1.807) is 6.07 Å². The molecule has 0 spiro atoms. The van der Waals surface area contributed by atoms with Gasteiger partial charge in [0.2, 0.25) is 5.91 Å². The summed E-state index contributed by atoms with van der Waals surface area (Å²) in [7, 11) is 0. The maximum atomic E-state index is 12.4. The molecule has 4 atom stereocenters. The summed E-state index contributed by atoms with van der Waals surface area (Å²) in [6.07, 6.45) is -3.29. The first-order valence-electron chi connectivity index (χ1n) is 12.3. The third-order valence-corrected chi connectivity index (χ3v) is 6.90. The average molecular weight is 620 g/mol. The summed E-state index contributed by atoms with van der Waals surface area (Å²) in [5.41, 5.74) is 1.76. The number of phenolic OH excluding ortho intramolecular Hbond substituents is 1. The number of aromatic nitrogens is 1. The van der Waals surface area contributed by atoms with Crippen LogP contribution in [0.25, 0.3) is 10.9 Å². The zero-order valence-corrected chi connectivity index (χ0v) is 22.6. The predicted octanol–water partition coefficient (Wildman–Crippen LogP) is -0.201. The fourth-order valence-corrected chi connectivity index (χ4v) is 4.67. The van der Waals surface area contributed by atoms with Crippen molar-refractivity contribution in [2.75, 3.05) is 31.5 Å². The number of amides is 1. The number of carboxylic acid groups (broad SMARTS) is 1. The third-order valence-electron chi connectivity index (χ3n) is 6.04. The Hall–Kier alpha value is -3.73. The molecule has 1 aromatic heterocycles. The Kier molecular flexibility index (Phi) is 9.57. The van der Waals surface area contributed by atoms with Gasteiger partial charge in [0.15, 0.2) is 5.96 Å². The van der Waals surface area contributed by atoms with Crippen molar-refractivity contribution in [3.63, 3.8) is 0 Å². The molecule has 15 heteroatoms. The number of aliphatic carboxylic acids is 1. The predicted molar refractivity (Wildman–Crippen MR) is 150 cm³/mol. The highest BCUT2D eigenvalue weighted by molar-refractivity contribution is 9.10. The smallest absolute Gasteiger partial charge is 0.322 e. The number of nitrogens with zero attached hydrogens (tertiary/aromatic N) is 1. The summed E-state index contributed by atoms with van der Waals surface area (Å²) in [4.78, 5) is 31.3. The standard InChI is InChI=1S/C25H30BrN7O7/c26-20-16-3-1-2-4-17(16)32-21(20)23(38)33-18(24(39)40)10-27-19(36)11-28-22(37)12-5-13(7-14(34)6-12)31-25-29-8-15(35)9-30-25/h1-7,15,18,22-23,28,32-35,37-38H,8-11H2,(H,27,36)(H,39,40)(H2,29,30,31). The Bertz CT molecular complexity index is 1400. The van der Waals surface area contributed by atoms with E-state index in [4.69, 9.17) is 0 Å². The number of aliphatic hydroxyl groups is 3. The Morgan fingerprint density at radius 1 is 1.15 bits per heavy atom. The number of aliphatic hydroxyl groups excluding tert-OH is 3. The molecule has 214 valence electrons. The number of β-amino-alcohol motifs (C(OH)–C–C–N with tert-alkyl or cyclic N) is 1. The van der Waals surface area contributed by atoms with Crippen molar-refractivity contribution in [1.29, 1.82) is 0 Å². The number of para-hydroxylation sites is 1. The van der Waals surface area contributed by atoms with Crippen molar-refractivity contribution in [3.05, 3.63) is 58.2 Å². The van der Waals surface area contributed by atoms with Crippen molar-refractivity contribution in [1.82, 2.24) is 26.3 Å². The number of halogens is 1. The van der Waals surface area contributed by atoms with Crippen molar-refractivity contribution in [2.45, 2.75) is 24.6 Å². The molecule has 2 heterocycles. The lowest BCUT2D eigenvalue weighted by Gasteiger charge is -2.21. The van der Waals surface area contributed by atoms with E-state index in [0.29, 0.717) is 28.4 Å². The van der Waals surface area contributed by atoms with E-state index in [2.05, 4.69) is 52.5 Å². The van der Waals surface area contributed by atoms with Crippen molar-refractivity contribution in [3.8, 4) is 5.75 Å². The van der Waals surface area contributed by atoms with Crippen LogP contribution < -0.4 is 26.6 Å². The number of nitrogens with one attached hydrogen (secondary N) is 6. The fraction of sp³-hybridized carbons (Fsp3) is 0.320. The molecule has 0 bridgehead atoms. The van der Waals surface area contributed by atoms with E-state index in [1.165, 1.54) is 12.1 Å². The quantitative estimate of drug-likeness (QED) is 0.126. The zero-order chi connectivity index (χ0) is 28.8. The summed E-state index contributed by atoms with van der Waals surface area (Å²) >= 11 is 3.41. The van der Waals surface area contributed by atoms with Crippen molar-refractivity contribution >= 4 is 50.4 Å². The second-order valence-electron chi connectivity index (χ2n) is 9.11. The number of H-pyrrole nitrogens is 1. The third kappa shape index (κ3) is 7.47. The molecule has 0 aliphatic carbocycles. The van der Waals surface area contributed by atoms with Crippen LogP contribution >= 0.6 is 15.9 Å². The molecule has 3 aromatic rings. The van der Waals surface area contributed by atoms with Gasteiger partial charge in [-0.25, -0.2) is 0 Å². The number of guanidine groups is 1. The zero-order valence-electron chi connectivity index (χ0n) is 21.1. The molecule has 1 aliphatic heterocycles. The SMILES string of the molecule is O=C(CNC(O)c1cc(O)cc(NC2=NCC(O)CN2)c1)NCC(NC(O)c1[nH]c2ccccc2c1Br)C(=O)O. The number of phenols is 1. The number of carboxylic acids is 1. The van der Waals surface area contributed by atoms with E-state index < -0.39 is 36.5 Å². The molecular formula is C25H30BrN7O7. The Labute approximate surface area is 236 Å². The minimum absolute atomic E-state index is 0.141. The van der Waals surface area contributed by atoms with E-state index in [-0.39, 0.29) is 30.9 Å². The largest absolute Gasteiger partial charge is 0.508 e. The van der Waals surface area contributed by atoms with E-state index in [9.17, 15) is 35.1 Å². The maximum absolute atomic E-state index is 12.4. The minimum atomic E-state index is -1.37. The Balaban J connectivity index is 1.29. The normalized spacial score (nSPS) is 17.4. The molecule has 4 unspecified atom stereocenters. The minimum Gasteiger partial charge on any atom is -0.508 e. The average Bonchev–Trinajstić information content (AvgIpc) is 3.27. The van der Waals surface area contributed by atoms with Gasteiger partial charge in [0.1, 0.15) is 24.2 Å². The molecule has 1 amide bonds. The van der Waals surface area contributed by atoms with Gasteiger partial charge in [-0.2, -0.15) is 0 Å². The van der Waals surface area contributed by atoms with E-state index in [0.717, 1.165) is 10.9 Å². The van der Waals surface area contributed by atoms with Crippen LogP contribution in [0.4, 0.5) is 5.69 Å². The number of carbonyl (C=O) groups is 2. The molecule has 40 heavy (non-hydrogen) atoms. The van der Waals surface area contributed by atoms with Crippen LogP contribution in [0.3, 0.4) is 0 Å². The van der Waals surface area contributed by atoms with Crippen LogP contribution in [0.2, 0.25) is 0 Å². The van der Waals surface area contributed by atoms with Gasteiger partial charge in [-0.15, -0.1) is 0 Å². The number of hydrogen-bond acceptors (Lipinski definition) is 11. The lowest BCUT2D eigenvalue weighted by Crippen LogP contribution is -2.49.